The Bertz CT molecular complexity index is 1380. The van der Waals surface area contributed by atoms with Crippen molar-refractivity contribution in [3.8, 4) is 0 Å². The van der Waals surface area contributed by atoms with E-state index in [4.69, 9.17) is 9.57 Å². The molecule has 1 fully saturated rings. The largest absolute Gasteiger partial charge is 0.445 e. The van der Waals surface area contributed by atoms with E-state index in [1.165, 1.54) is 7.11 Å². The molecule has 206 valence electrons. The maximum Gasteiger partial charge on any atom is 0.410 e. The number of amides is 1. The van der Waals surface area contributed by atoms with Gasteiger partial charge in [0.1, 0.15) is 19.5 Å². The lowest BCUT2D eigenvalue weighted by Crippen LogP contribution is -2.40. The Morgan fingerprint density at radius 3 is 2.48 bits per heavy atom. The lowest BCUT2D eigenvalue weighted by Gasteiger charge is -2.31. The smallest absolute Gasteiger partial charge is 0.410 e. The van der Waals surface area contributed by atoms with Gasteiger partial charge in [-0.3, -0.25) is 14.6 Å². The number of hydrogen-bond acceptors (Lipinski definition) is 7. The predicted octanol–water partition coefficient (Wildman–Crippen LogP) is 5.35. The van der Waals surface area contributed by atoms with Gasteiger partial charge in [0.05, 0.1) is 11.6 Å². The van der Waals surface area contributed by atoms with E-state index in [2.05, 4.69) is 10.1 Å². The molecule has 5 rings (SSSR count). The molecular formula is C32H33N3O5. The number of aryl methyl sites for hydroxylation is 1. The van der Waals surface area contributed by atoms with E-state index in [1.54, 1.807) is 29.4 Å². The first-order valence-electron chi connectivity index (χ1n) is 13.7. The summed E-state index contributed by atoms with van der Waals surface area (Å²) in [5, 5.41) is 4.10. The second-order valence-electron chi connectivity index (χ2n) is 10.3. The Morgan fingerprint density at radius 2 is 1.75 bits per heavy atom. The standard InChI is InChI=1S/C32H33N3O5/c1-39-34-29-10-8-25-19-26(7-9-27(25)29)31(37)28(23-11-15-33-16-12-23)20-30(36)24-13-17-35(18-14-24)32(38)40-21-22-5-3-2-4-6-22/h2-7,9,11-12,15-16,19,24,28H,8,10,13-14,17-18,20-21H2,1H3. The average Bonchev–Trinajstić information content (AvgIpc) is 3.41. The predicted molar refractivity (Wildman–Crippen MR) is 150 cm³/mol. The van der Waals surface area contributed by atoms with Crippen molar-refractivity contribution in [2.45, 2.75) is 44.6 Å². The number of aromatic nitrogens is 1. The summed E-state index contributed by atoms with van der Waals surface area (Å²) in [7, 11) is 1.53. The molecule has 0 spiro atoms. The second kappa shape index (κ2) is 12.7. The fourth-order valence-corrected chi connectivity index (χ4v) is 5.55. The Morgan fingerprint density at radius 1 is 1.00 bits per heavy atom. The van der Waals surface area contributed by atoms with Crippen molar-refractivity contribution in [2.24, 2.45) is 11.1 Å². The quantitative estimate of drug-likeness (QED) is 0.268. The molecule has 40 heavy (non-hydrogen) atoms. The van der Waals surface area contributed by atoms with Crippen LogP contribution in [0.1, 0.15) is 64.2 Å². The number of fused-ring (bicyclic) bond motifs is 1. The molecule has 0 saturated carbocycles. The topological polar surface area (TPSA) is 98.2 Å². The van der Waals surface area contributed by atoms with Gasteiger partial charge in [0.2, 0.25) is 0 Å². The summed E-state index contributed by atoms with van der Waals surface area (Å²) >= 11 is 0. The lowest BCUT2D eigenvalue weighted by atomic mass is 9.81. The van der Waals surface area contributed by atoms with Crippen LogP contribution in [-0.2, 0) is 27.4 Å². The van der Waals surface area contributed by atoms with Gasteiger partial charge in [-0.25, -0.2) is 4.79 Å². The van der Waals surface area contributed by atoms with Crippen LogP contribution in [0.25, 0.3) is 0 Å². The number of likely N-dealkylation sites (tertiary alicyclic amines) is 1. The van der Waals surface area contributed by atoms with Gasteiger partial charge >= 0.3 is 6.09 Å². The highest BCUT2D eigenvalue weighted by Crippen LogP contribution is 2.31. The minimum atomic E-state index is -0.601. The van der Waals surface area contributed by atoms with E-state index in [0.29, 0.717) is 31.5 Å². The molecule has 1 saturated heterocycles. The zero-order valence-electron chi connectivity index (χ0n) is 22.6. The number of nitrogens with zero attached hydrogens (tertiary/aromatic N) is 3. The molecule has 2 aliphatic rings. The number of oxime groups is 1. The van der Waals surface area contributed by atoms with Crippen molar-refractivity contribution in [3.05, 3.63) is 101 Å². The molecule has 1 aromatic heterocycles. The van der Waals surface area contributed by atoms with Gasteiger partial charge in [-0.1, -0.05) is 47.6 Å². The first-order valence-corrected chi connectivity index (χ1v) is 13.7. The highest BCUT2D eigenvalue weighted by molar-refractivity contribution is 6.07. The number of ketones is 2. The normalized spacial score (nSPS) is 16.8. The number of rotatable bonds is 9. The van der Waals surface area contributed by atoms with Crippen LogP contribution < -0.4 is 0 Å². The molecule has 1 amide bonds. The van der Waals surface area contributed by atoms with Crippen LogP contribution in [0.15, 0.2) is 78.2 Å². The monoisotopic (exact) mass is 539 g/mol. The van der Waals surface area contributed by atoms with Crippen molar-refractivity contribution in [1.29, 1.82) is 0 Å². The van der Waals surface area contributed by atoms with Crippen molar-refractivity contribution in [3.63, 3.8) is 0 Å². The van der Waals surface area contributed by atoms with Gasteiger partial charge in [-0.2, -0.15) is 0 Å². The van der Waals surface area contributed by atoms with Crippen molar-refractivity contribution < 1.29 is 24.0 Å². The fraction of sp³-hybridized carbons (Fsp3) is 0.344. The van der Waals surface area contributed by atoms with Gasteiger partial charge in [-0.05, 0) is 60.6 Å². The highest BCUT2D eigenvalue weighted by Gasteiger charge is 2.32. The van der Waals surface area contributed by atoms with Crippen LogP contribution in [0.4, 0.5) is 4.79 Å². The lowest BCUT2D eigenvalue weighted by molar-refractivity contribution is -0.124. The number of carbonyl (C=O) groups excluding carboxylic acids is 3. The van der Waals surface area contributed by atoms with E-state index >= 15 is 0 Å². The third kappa shape index (κ3) is 6.28. The highest BCUT2D eigenvalue weighted by atomic mass is 16.6. The summed E-state index contributed by atoms with van der Waals surface area (Å²) in [6, 6.07) is 18.8. The van der Waals surface area contributed by atoms with Crippen molar-refractivity contribution in [2.75, 3.05) is 20.2 Å². The van der Waals surface area contributed by atoms with Gasteiger partial charge in [0.25, 0.3) is 0 Å². The van der Waals surface area contributed by atoms with E-state index < -0.39 is 5.92 Å². The summed E-state index contributed by atoms with van der Waals surface area (Å²) in [4.78, 5) is 50.5. The van der Waals surface area contributed by atoms with Gasteiger partial charge in [0, 0.05) is 48.9 Å². The zero-order valence-corrected chi connectivity index (χ0v) is 22.6. The Balaban J connectivity index is 1.23. The minimum Gasteiger partial charge on any atom is -0.445 e. The summed E-state index contributed by atoms with van der Waals surface area (Å²) in [6.45, 7) is 1.12. The Hall–Kier alpha value is -4.33. The maximum absolute atomic E-state index is 13.8. The Labute approximate surface area is 234 Å². The van der Waals surface area contributed by atoms with Crippen LogP contribution in [0.2, 0.25) is 0 Å². The number of piperidine rings is 1. The number of Topliss-reactive ketones (excluding diaryl/α,β-unsaturated/α-hetero) is 2. The van der Waals surface area contributed by atoms with Crippen molar-refractivity contribution >= 4 is 23.4 Å². The van der Waals surface area contributed by atoms with Gasteiger partial charge in [0.15, 0.2) is 5.78 Å². The SMILES string of the molecule is CON=C1CCc2cc(C(=O)C(CC(=O)C3CCN(C(=O)OCc4ccccc4)CC3)c3ccncc3)ccc21. The van der Waals surface area contributed by atoms with E-state index in [0.717, 1.165) is 40.8 Å². The molecular weight excluding hydrogens is 506 g/mol. The van der Waals surface area contributed by atoms with Gasteiger partial charge < -0.3 is 14.5 Å². The second-order valence-corrected chi connectivity index (χ2v) is 10.3. The summed E-state index contributed by atoms with van der Waals surface area (Å²) in [5.41, 5.74) is 5.24. The van der Waals surface area contributed by atoms with E-state index in [-0.39, 0.29) is 36.6 Å². The van der Waals surface area contributed by atoms with Crippen LogP contribution in [0.3, 0.4) is 0 Å². The zero-order chi connectivity index (χ0) is 27.9. The van der Waals surface area contributed by atoms with Gasteiger partial charge in [-0.15, -0.1) is 0 Å². The number of ether oxygens (including phenoxy) is 1. The van der Waals surface area contributed by atoms with Crippen LogP contribution >= 0.6 is 0 Å². The molecule has 0 radical (unpaired) electrons. The molecule has 8 heteroatoms. The molecule has 8 nitrogen and oxygen atoms in total. The number of carbonyl (C=O) groups is 3. The van der Waals surface area contributed by atoms with Crippen LogP contribution in [0.5, 0.6) is 0 Å². The minimum absolute atomic E-state index is 0.0446. The molecule has 2 heterocycles. The molecule has 1 unspecified atom stereocenters. The third-order valence-electron chi connectivity index (χ3n) is 7.78. The van der Waals surface area contributed by atoms with E-state index in [9.17, 15) is 14.4 Å². The number of benzene rings is 2. The number of pyridine rings is 1. The molecule has 0 bridgehead atoms. The fourth-order valence-electron chi connectivity index (χ4n) is 5.55. The molecule has 2 aromatic carbocycles. The molecule has 1 aliphatic carbocycles. The number of hydrogen-bond donors (Lipinski definition) is 0. The van der Waals surface area contributed by atoms with Crippen LogP contribution in [-0.4, -0.2) is 53.5 Å². The summed E-state index contributed by atoms with van der Waals surface area (Å²) in [6.07, 6.45) is 5.71. The summed E-state index contributed by atoms with van der Waals surface area (Å²) in [5.74, 6) is -0.844. The average molecular weight is 540 g/mol. The molecule has 0 N–H and O–H groups in total. The Kier molecular flexibility index (Phi) is 8.64. The molecule has 1 atom stereocenters. The molecule has 1 aliphatic heterocycles. The maximum atomic E-state index is 13.8. The van der Waals surface area contributed by atoms with Crippen LogP contribution in [0, 0.1) is 5.92 Å². The first-order chi connectivity index (χ1) is 19.5. The van der Waals surface area contributed by atoms with Crippen molar-refractivity contribution in [1.82, 2.24) is 9.88 Å². The first kappa shape index (κ1) is 27.2. The third-order valence-corrected chi connectivity index (χ3v) is 7.78. The molecule has 3 aromatic rings. The summed E-state index contributed by atoms with van der Waals surface area (Å²) < 4.78 is 5.46. The van der Waals surface area contributed by atoms with E-state index in [1.807, 2.05) is 48.5 Å².